The molecule has 1 heterocycles. The second kappa shape index (κ2) is 6.88. The monoisotopic (exact) mass is 291 g/mol. The molecule has 6 nitrogen and oxygen atoms in total. The van der Waals surface area contributed by atoms with E-state index >= 15 is 0 Å². The van der Waals surface area contributed by atoms with E-state index in [1.165, 1.54) is 4.90 Å². The molecule has 0 unspecified atom stereocenters. The summed E-state index contributed by atoms with van der Waals surface area (Å²) in [5.41, 5.74) is 0. The average Bonchev–Trinajstić information content (AvgIpc) is 2.77. The van der Waals surface area contributed by atoms with Crippen LogP contribution in [0, 0.1) is 0 Å². The second-order valence-electron chi connectivity index (χ2n) is 4.88. The molecule has 1 atom stereocenters. The lowest BCUT2D eigenvalue weighted by molar-refractivity contribution is -0.147. The van der Waals surface area contributed by atoms with Gasteiger partial charge in [-0.2, -0.15) is 0 Å². The fraction of sp³-hybridized carbons (Fsp3) is 0.833. The minimum absolute atomic E-state index is 0.00183. The Morgan fingerprint density at radius 2 is 2.00 bits per heavy atom. The lowest BCUT2D eigenvalue weighted by Gasteiger charge is -2.21. The van der Waals surface area contributed by atoms with Crippen molar-refractivity contribution in [3.63, 3.8) is 0 Å². The van der Waals surface area contributed by atoms with E-state index in [1.54, 1.807) is 0 Å². The van der Waals surface area contributed by atoms with Crippen LogP contribution < -0.4 is 0 Å². The Hall–Kier alpha value is -1.11. The molecular formula is C12H21NO5S. The van der Waals surface area contributed by atoms with Crippen LogP contribution in [0.15, 0.2) is 0 Å². The number of carbonyl (C=O) groups is 2. The number of carboxylic acids is 1. The SMILES string of the molecule is CCCCCS(=O)(=O)CC(=O)N1CCC[C@H]1C(=O)O. The van der Waals surface area contributed by atoms with Crippen LogP contribution in [0.3, 0.4) is 0 Å². The van der Waals surface area contributed by atoms with Crippen molar-refractivity contribution in [2.45, 2.75) is 45.1 Å². The van der Waals surface area contributed by atoms with Gasteiger partial charge in [-0.1, -0.05) is 19.8 Å². The molecule has 110 valence electrons. The van der Waals surface area contributed by atoms with Gasteiger partial charge in [-0.15, -0.1) is 0 Å². The third-order valence-electron chi connectivity index (χ3n) is 3.26. The Labute approximate surface area is 113 Å². The Kier molecular flexibility index (Phi) is 5.78. The van der Waals surface area contributed by atoms with Crippen molar-refractivity contribution in [1.29, 1.82) is 0 Å². The third-order valence-corrected chi connectivity index (χ3v) is 4.86. The molecule has 0 spiro atoms. The fourth-order valence-electron chi connectivity index (χ4n) is 2.24. The van der Waals surface area contributed by atoms with Crippen molar-refractivity contribution in [2.75, 3.05) is 18.1 Å². The maximum Gasteiger partial charge on any atom is 0.326 e. The molecule has 1 aliphatic heterocycles. The number of nitrogens with zero attached hydrogens (tertiary/aromatic N) is 1. The predicted molar refractivity (Wildman–Crippen MR) is 70.5 cm³/mol. The number of unbranched alkanes of at least 4 members (excludes halogenated alkanes) is 2. The summed E-state index contributed by atoms with van der Waals surface area (Å²) in [7, 11) is -3.42. The highest BCUT2D eigenvalue weighted by Crippen LogP contribution is 2.18. The van der Waals surface area contributed by atoms with Crippen molar-refractivity contribution >= 4 is 21.7 Å². The van der Waals surface area contributed by atoms with Gasteiger partial charge < -0.3 is 10.0 Å². The Morgan fingerprint density at radius 1 is 1.32 bits per heavy atom. The zero-order chi connectivity index (χ0) is 14.5. The van der Waals surface area contributed by atoms with Gasteiger partial charge in [0.15, 0.2) is 9.84 Å². The van der Waals surface area contributed by atoms with Crippen molar-refractivity contribution in [3.8, 4) is 0 Å². The van der Waals surface area contributed by atoms with Crippen LogP contribution in [0.5, 0.6) is 0 Å². The molecule has 1 aliphatic rings. The zero-order valence-electron chi connectivity index (χ0n) is 11.2. The normalized spacial score (nSPS) is 19.6. The number of amides is 1. The van der Waals surface area contributed by atoms with Crippen LogP contribution in [0.2, 0.25) is 0 Å². The van der Waals surface area contributed by atoms with Gasteiger partial charge in [0.2, 0.25) is 5.91 Å². The molecule has 0 radical (unpaired) electrons. The summed E-state index contributed by atoms with van der Waals surface area (Å²) in [6.45, 7) is 2.31. The largest absolute Gasteiger partial charge is 0.480 e. The van der Waals surface area contributed by atoms with E-state index in [2.05, 4.69) is 0 Å². The molecule has 0 aromatic heterocycles. The van der Waals surface area contributed by atoms with Gasteiger partial charge in [0, 0.05) is 6.54 Å². The van der Waals surface area contributed by atoms with Crippen LogP contribution in [0.4, 0.5) is 0 Å². The third kappa shape index (κ3) is 4.81. The van der Waals surface area contributed by atoms with Gasteiger partial charge in [-0.3, -0.25) is 4.79 Å². The summed E-state index contributed by atoms with van der Waals surface area (Å²) in [4.78, 5) is 24.0. The van der Waals surface area contributed by atoms with E-state index < -0.39 is 33.5 Å². The number of likely N-dealkylation sites (tertiary alicyclic amines) is 1. The van der Waals surface area contributed by atoms with Crippen LogP contribution >= 0.6 is 0 Å². The molecule has 1 fully saturated rings. The second-order valence-corrected chi connectivity index (χ2v) is 7.07. The minimum atomic E-state index is -3.42. The minimum Gasteiger partial charge on any atom is -0.480 e. The Balaban J connectivity index is 2.56. The van der Waals surface area contributed by atoms with Crippen LogP contribution in [0.25, 0.3) is 0 Å². The summed E-state index contributed by atoms with van der Waals surface area (Å²) in [5.74, 6) is -2.21. The highest BCUT2D eigenvalue weighted by atomic mass is 32.2. The van der Waals surface area contributed by atoms with E-state index in [1.807, 2.05) is 6.92 Å². The average molecular weight is 291 g/mol. The summed E-state index contributed by atoms with van der Waals surface area (Å²) in [6, 6.07) is -0.863. The number of hydrogen-bond donors (Lipinski definition) is 1. The summed E-state index contributed by atoms with van der Waals surface area (Å²) in [6.07, 6.45) is 3.29. The first-order chi connectivity index (χ1) is 8.87. The van der Waals surface area contributed by atoms with Gasteiger partial charge in [0.25, 0.3) is 0 Å². The first-order valence-electron chi connectivity index (χ1n) is 6.60. The number of aliphatic carboxylic acids is 1. The molecule has 1 amide bonds. The van der Waals surface area contributed by atoms with Crippen molar-refractivity contribution < 1.29 is 23.1 Å². The first kappa shape index (κ1) is 15.9. The molecule has 0 saturated carbocycles. The number of sulfone groups is 1. The molecule has 1 rings (SSSR count). The zero-order valence-corrected chi connectivity index (χ0v) is 12.0. The molecule has 7 heteroatoms. The molecule has 0 aromatic carbocycles. The fourth-order valence-corrected chi connectivity index (χ4v) is 3.57. The van der Waals surface area contributed by atoms with Gasteiger partial charge in [0.05, 0.1) is 5.75 Å². The van der Waals surface area contributed by atoms with E-state index in [0.29, 0.717) is 25.8 Å². The Morgan fingerprint density at radius 3 is 2.58 bits per heavy atom. The van der Waals surface area contributed by atoms with Gasteiger partial charge in [-0.25, -0.2) is 13.2 Å². The van der Waals surface area contributed by atoms with Crippen molar-refractivity contribution in [3.05, 3.63) is 0 Å². The quantitative estimate of drug-likeness (QED) is 0.696. The molecule has 1 N–H and O–H groups in total. The predicted octanol–water partition coefficient (Wildman–Crippen LogP) is 0.667. The summed E-state index contributed by atoms with van der Waals surface area (Å²) in [5, 5.41) is 8.96. The van der Waals surface area contributed by atoms with Crippen LogP contribution in [-0.4, -0.2) is 54.4 Å². The topological polar surface area (TPSA) is 91.8 Å². The number of carbonyl (C=O) groups excluding carboxylic acids is 1. The summed E-state index contributed by atoms with van der Waals surface area (Å²) >= 11 is 0. The number of carboxylic acid groups (broad SMARTS) is 1. The molecule has 1 saturated heterocycles. The molecule has 19 heavy (non-hydrogen) atoms. The van der Waals surface area contributed by atoms with Crippen molar-refractivity contribution in [1.82, 2.24) is 4.90 Å². The van der Waals surface area contributed by atoms with Crippen molar-refractivity contribution in [2.24, 2.45) is 0 Å². The highest BCUT2D eigenvalue weighted by molar-refractivity contribution is 7.92. The molecular weight excluding hydrogens is 270 g/mol. The highest BCUT2D eigenvalue weighted by Gasteiger charge is 2.35. The molecule has 0 aliphatic carbocycles. The van der Waals surface area contributed by atoms with E-state index in [4.69, 9.17) is 5.11 Å². The summed E-state index contributed by atoms with van der Waals surface area (Å²) < 4.78 is 23.5. The maximum atomic E-state index is 11.9. The van der Waals surface area contributed by atoms with Gasteiger partial charge in [0.1, 0.15) is 11.8 Å². The standard InChI is InChI=1S/C12H21NO5S/c1-2-3-4-8-19(17,18)9-11(14)13-7-5-6-10(13)12(15)16/h10H,2-9H2,1H3,(H,15,16)/t10-/m0/s1. The van der Waals surface area contributed by atoms with Gasteiger partial charge >= 0.3 is 5.97 Å². The van der Waals surface area contributed by atoms with Crippen LogP contribution in [0.1, 0.15) is 39.0 Å². The maximum absolute atomic E-state index is 11.9. The van der Waals surface area contributed by atoms with Crippen LogP contribution in [-0.2, 0) is 19.4 Å². The lowest BCUT2D eigenvalue weighted by Crippen LogP contribution is -2.43. The first-order valence-corrected chi connectivity index (χ1v) is 8.42. The molecule has 0 bridgehead atoms. The van der Waals surface area contributed by atoms with E-state index in [0.717, 1.165) is 12.8 Å². The lowest BCUT2D eigenvalue weighted by atomic mass is 10.2. The molecule has 0 aromatic rings. The van der Waals surface area contributed by atoms with E-state index in [9.17, 15) is 18.0 Å². The Bertz CT molecular complexity index is 431. The number of hydrogen-bond acceptors (Lipinski definition) is 4. The number of rotatable bonds is 7. The van der Waals surface area contributed by atoms with E-state index in [-0.39, 0.29) is 5.75 Å². The smallest absolute Gasteiger partial charge is 0.326 e. The van der Waals surface area contributed by atoms with Gasteiger partial charge in [-0.05, 0) is 19.3 Å².